The summed E-state index contributed by atoms with van der Waals surface area (Å²) in [5, 5.41) is 12.4. The summed E-state index contributed by atoms with van der Waals surface area (Å²) < 4.78 is 0.878. The molecule has 1 amide bonds. The fourth-order valence-electron chi connectivity index (χ4n) is 2.95. The highest BCUT2D eigenvalue weighted by Crippen LogP contribution is 2.38. The van der Waals surface area contributed by atoms with Crippen LogP contribution in [0.5, 0.6) is 0 Å². The number of hydrogen-bond acceptors (Lipinski definition) is 2. The lowest BCUT2D eigenvalue weighted by molar-refractivity contribution is -0.152. The highest BCUT2D eigenvalue weighted by molar-refractivity contribution is 9.10. The first kappa shape index (κ1) is 16.0. The van der Waals surface area contributed by atoms with Gasteiger partial charge in [-0.05, 0) is 31.0 Å². The van der Waals surface area contributed by atoms with Crippen LogP contribution in [-0.4, -0.2) is 17.0 Å². The van der Waals surface area contributed by atoms with Crippen LogP contribution in [-0.2, 0) is 9.59 Å². The molecule has 0 radical (unpaired) electrons. The third-order valence-electron chi connectivity index (χ3n) is 4.12. The third kappa shape index (κ3) is 4.30. The number of carboxylic acids is 1. The molecule has 4 nitrogen and oxygen atoms in total. The molecule has 5 heteroatoms. The predicted octanol–water partition coefficient (Wildman–Crippen LogP) is 4.20. The molecule has 0 aromatic heterocycles. The number of hydrogen-bond donors (Lipinski definition) is 2. The number of amides is 1. The highest BCUT2D eigenvalue weighted by atomic mass is 79.9. The van der Waals surface area contributed by atoms with Crippen molar-refractivity contribution in [3.63, 3.8) is 0 Å². The first-order chi connectivity index (χ1) is 10.0. The first-order valence-electron chi connectivity index (χ1n) is 7.31. The summed E-state index contributed by atoms with van der Waals surface area (Å²) in [6, 6.07) is 7.31. The topological polar surface area (TPSA) is 66.4 Å². The molecule has 0 unspecified atom stereocenters. The second kappa shape index (κ2) is 7.07. The van der Waals surface area contributed by atoms with Crippen LogP contribution in [0.25, 0.3) is 0 Å². The van der Waals surface area contributed by atoms with E-state index in [1.165, 1.54) is 0 Å². The van der Waals surface area contributed by atoms with Crippen molar-refractivity contribution in [3.8, 4) is 0 Å². The number of halogens is 1. The van der Waals surface area contributed by atoms with Gasteiger partial charge in [0.25, 0.3) is 0 Å². The SMILES string of the molecule is O=C(CC1(C(=O)O)CCCCCC1)Nc1cccc(Br)c1. The number of rotatable bonds is 4. The lowest BCUT2D eigenvalue weighted by Gasteiger charge is -2.27. The van der Waals surface area contributed by atoms with Crippen LogP contribution < -0.4 is 5.32 Å². The molecule has 1 aromatic rings. The van der Waals surface area contributed by atoms with E-state index in [1.54, 1.807) is 12.1 Å². The van der Waals surface area contributed by atoms with Crippen molar-refractivity contribution in [1.29, 1.82) is 0 Å². The average Bonchev–Trinajstić information content (AvgIpc) is 2.65. The summed E-state index contributed by atoms with van der Waals surface area (Å²) >= 11 is 3.35. The number of carboxylic acid groups (broad SMARTS) is 1. The molecule has 1 aliphatic rings. The van der Waals surface area contributed by atoms with Crippen molar-refractivity contribution in [2.45, 2.75) is 44.9 Å². The van der Waals surface area contributed by atoms with E-state index in [4.69, 9.17) is 0 Å². The van der Waals surface area contributed by atoms with Crippen LogP contribution >= 0.6 is 15.9 Å². The third-order valence-corrected chi connectivity index (χ3v) is 4.61. The minimum atomic E-state index is -0.896. The largest absolute Gasteiger partial charge is 0.481 e. The zero-order chi connectivity index (χ0) is 15.3. The maximum absolute atomic E-state index is 12.2. The van der Waals surface area contributed by atoms with Gasteiger partial charge >= 0.3 is 5.97 Å². The molecular formula is C16H20BrNO3. The van der Waals surface area contributed by atoms with Gasteiger partial charge in [0.1, 0.15) is 0 Å². The second-order valence-corrected chi connectivity index (χ2v) is 6.65. The van der Waals surface area contributed by atoms with Crippen molar-refractivity contribution >= 4 is 33.5 Å². The monoisotopic (exact) mass is 353 g/mol. The van der Waals surface area contributed by atoms with Gasteiger partial charge in [0, 0.05) is 16.6 Å². The molecule has 0 aliphatic heterocycles. The van der Waals surface area contributed by atoms with E-state index in [2.05, 4.69) is 21.2 Å². The summed E-state index contributed by atoms with van der Waals surface area (Å²) in [6.07, 6.45) is 5.12. The molecule has 1 aromatic carbocycles. The Morgan fingerprint density at radius 1 is 1.19 bits per heavy atom. The fourth-order valence-corrected chi connectivity index (χ4v) is 3.35. The van der Waals surface area contributed by atoms with Gasteiger partial charge in [-0.2, -0.15) is 0 Å². The molecule has 21 heavy (non-hydrogen) atoms. The quantitative estimate of drug-likeness (QED) is 0.797. The number of anilines is 1. The van der Waals surface area contributed by atoms with E-state index < -0.39 is 11.4 Å². The van der Waals surface area contributed by atoms with Gasteiger partial charge in [-0.15, -0.1) is 0 Å². The Kier molecular flexibility index (Phi) is 5.39. The van der Waals surface area contributed by atoms with E-state index in [0.717, 1.165) is 30.2 Å². The molecule has 2 N–H and O–H groups in total. The van der Waals surface area contributed by atoms with Crippen LogP contribution in [0.1, 0.15) is 44.9 Å². The maximum atomic E-state index is 12.2. The Bertz CT molecular complexity index is 522. The Balaban J connectivity index is 2.06. The Morgan fingerprint density at radius 3 is 2.43 bits per heavy atom. The van der Waals surface area contributed by atoms with E-state index >= 15 is 0 Å². The minimum absolute atomic E-state index is 0.0504. The molecule has 114 valence electrons. The summed E-state index contributed by atoms with van der Waals surface area (Å²) in [5.74, 6) is -1.06. The van der Waals surface area contributed by atoms with Gasteiger partial charge in [-0.25, -0.2) is 0 Å². The van der Waals surface area contributed by atoms with Crippen molar-refractivity contribution < 1.29 is 14.7 Å². The normalized spacial score (nSPS) is 17.8. The molecule has 1 saturated carbocycles. The minimum Gasteiger partial charge on any atom is -0.481 e. The fraction of sp³-hybridized carbons (Fsp3) is 0.500. The van der Waals surface area contributed by atoms with Crippen molar-refractivity contribution in [3.05, 3.63) is 28.7 Å². The summed E-state index contributed by atoms with van der Waals surface area (Å²) in [6.45, 7) is 0. The summed E-state index contributed by atoms with van der Waals surface area (Å²) in [7, 11) is 0. The van der Waals surface area contributed by atoms with Crippen LogP contribution in [0.2, 0.25) is 0 Å². The number of aliphatic carboxylic acids is 1. The zero-order valence-corrected chi connectivity index (χ0v) is 13.5. The van der Waals surface area contributed by atoms with Gasteiger partial charge in [0.15, 0.2) is 0 Å². The Labute approximate surface area is 133 Å². The van der Waals surface area contributed by atoms with E-state index in [-0.39, 0.29) is 12.3 Å². The molecule has 1 aliphatic carbocycles. The molecule has 1 fully saturated rings. The van der Waals surface area contributed by atoms with Crippen molar-refractivity contribution in [2.75, 3.05) is 5.32 Å². The first-order valence-corrected chi connectivity index (χ1v) is 8.10. The molecule has 2 rings (SSSR count). The lowest BCUT2D eigenvalue weighted by Crippen LogP contribution is -2.35. The smallest absolute Gasteiger partial charge is 0.310 e. The van der Waals surface area contributed by atoms with Gasteiger partial charge in [-0.1, -0.05) is 47.7 Å². The second-order valence-electron chi connectivity index (χ2n) is 5.73. The van der Waals surface area contributed by atoms with E-state index in [1.807, 2.05) is 12.1 Å². The van der Waals surface area contributed by atoms with Gasteiger partial charge in [0.2, 0.25) is 5.91 Å². The molecule has 0 saturated heterocycles. The molecular weight excluding hydrogens is 334 g/mol. The molecule has 0 heterocycles. The Hall–Kier alpha value is -1.36. The number of nitrogens with one attached hydrogen (secondary N) is 1. The summed E-state index contributed by atoms with van der Waals surface area (Å²) in [5.41, 5.74) is -0.212. The van der Waals surface area contributed by atoms with Crippen molar-refractivity contribution in [1.82, 2.24) is 0 Å². The maximum Gasteiger partial charge on any atom is 0.310 e. The summed E-state index contributed by atoms with van der Waals surface area (Å²) in [4.78, 5) is 23.9. The van der Waals surface area contributed by atoms with Crippen LogP contribution in [0.3, 0.4) is 0 Å². The average molecular weight is 354 g/mol. The standard InChI is InChI=1S/C16H20BrNO3/c17-12-6-5-7-13(10-12)18-14(19)11-16(15(20)21)8-3-1-2-4-9-16/h5-7,10H,1-4,8-9,11H2,(H,18,19)(H,20,21). The van der Waals surface area contributed by atoms with Crippen LogP contribution in [0, 0.1) is 5.41 Å². The van der Waals surface area contributed by atoms with Gasteiger partial charge < -0.3 is 10.4 Å². The van der Waals surface area contributed by atoms with Crippen LogP contribution in [0.15, 0.2) is 28.7 Å². The lowest BCUT2D eigenvalue weighted by atomic mass is 9.77. The predicted molar refractivity (Wildman–Crippen MR) is 85.2 cm³/mol. The van der Waals surface area contributed by atoms with Crippen LogP contribution in [0.4, 0.5) is 5.69 Å². The number of carbonyl (C=O) groups is 2. The van der Waals surface area contributed by atoms with E-state index in [9.17, 15) is 14.7 Å². The van der Waals surface area contributed by atoms with Gasteiger partial charge in [-0.3, -0.25) is 9.59 Å². The Morgan fingerprint density at radius 2 is 1.86 bits per heavy atom. The van der Waals surface area contributed by atoms with Crippen molar-refractivity contribution in [2.24, 2.45) is 5.41 Å². The molecule has 0 bridgehead atoms. The molecule has 0 atom stereocenters. The number of benzene rings is 1. The zero-order valence-electron chi connectivity index (χ0n) is 11.9. The van der Waals surface area contributed by atoms with E-state index in [0.29, 0.717) is 18.5 Å². The van der Waals surface area contributed by atoms with Gasteiger partial charge in [0.05, 0.1) is 5.41 Å². The highest BCUT2D eigenvalue weighted by Gasteiger charge is 2.40. The number of carbonyl (C=O) groups excluding carboxylic acids is 1. The molecule has 0 spiro atoms.